The lowest BCUT2D eigenvalue weighted by atomic mass is 9.90. The SMILES string of the molecule is CN1CC(O)(CCN)CC1(C)C. The van der Waals surface area contributed by atoms with Crippen LogP contribution in [0.3, 0.4) is 0 Å². The van der Waals surface area contributed by atoms with Gasteiger partial charge in [0.1, 0.15) is 0 Å². The summed E-state index contributed by atoms with van der Waals surface area (Å²) in [5.41, 5.74) is 5.02. The first-order chi connectivity index (χ1) is 5.40. The van der Waals surface area contributed by atoms with Crippen LogP contribution in [0.25, 0.3) is 0 Å². The van der Waals surface area contributed by atoms with Gasteiger partial charge in [0.15, 0.2) is 0 Å². The zero-order chi connectivity index (χ0) is 9.41. The van der Waals surface area contributed by atoms with E-state index in [4.69, 9.17) is 5.73 Å². The standard InChI is InChI=1S/C9H20N2O/c1-8(2)6-9(12,4-5-10)7-11(8)3/h12H,4-7,10H2,1-3H3. The van der Waals surface area contributed by atoms with Gasteiger partial charge in [-0.05, 0) is 40.3 Å². The van der Waals surface area contributed by atoms with Crippen LogP contribution in [-0.4, -0.2) is 41.3 Å². The summed E-state index contributed by atoms with van der Waals surface area (Å²) in [5.74, 6) is 0. The van der Waals surface area contributed by atoms with Gasteiger partial charge in [0, 0.05) is 12.1 Å². The predicted molar refractivity (Wildman–Crippen MR) is 49.9 cm³/mol. The summed E-state index contributed by atoms with van der Waals surface area (Å²) in [6, 6.07) is 0. The van der Waals surface area contributed by atoms with E-state index in [2.05, 4.69) is 25.8 Å². The van der Waals surface area contributed by atoms with Gasteiger partial charge in [-0.2, -0.15) is 0 Å². The summed E-state index contributed by atoms with van der Waals surface area (Å²) in [6.45, 7) is 5.63. The van der Waals surface area contributed by atoms with Crippen LogP contribution in [0.15, 0.2) is 0 Å². The number of rotatable bonds is 2. The van der Waals surface area contributed by atoms with Crippen LogP contribution in [-0.2, 0) is 0 Å². The van der Waals surface area contributed by atoms with Crippen LogP contribution >= 0.6 is 0 Å². The maximum Gasteiger partial charge on any atom is 0.0803 e. The molecule has 1 saturated heterocycles. The molecule has 1 aliphatic rings. The van der Waals surface area contributed by atoms with Gasteiger partial charge in [0.25, 0.3) is 0 Å². The highest BCUT2D eigenvalue weighted by Crippen LogP contribution is 2.35. The molecule has 0 radical (unpaired) electrons. The maximum atomic E-state index is 10.1. The van der Waals surface area contributed by atoms with Crippen molar-refractivity contribution in [2.75, 3.05) is 20.1 Å². The van der Waals surface area contributed by atoms with Crippen molar-refractivity contribution in [3.8, 4) is 0 Å². The molecule has 12 heavy (non-hydrogen) atoms. The number of nitrogens with zero attached hydrogens (tertiary/aromatic N) is 1. The molecule has 1 heterocycles. The Morgan fingerprint density at radius 1 is 1.50 bits per heavy atom. The fraction of sp³-hybridized carbons (Fsp3) is 1.00. The molecule has 0 aromatic carbocycles. The topological polar surface area (TPSA) is 49.5 Å². The molecular weight excluding hydrogens is 152 g/mol. The molecule has 0 aromatic rings. The summed E-state index contributed by atoms with van der Waals surface area (Å²) in [6.07, 6.45) is 1.54. The minimum absolute atomic E-state index is 0.115. The van der Waals surface area contributed by atoms with E-state index in [1.165, 1.54) is 0 Å². The lowest BCUT2D eigenvalue weighted by molar-refractivity contribution is 0.0446. The zero-order valence-electron chi connectivity index (χ0n) is 8.30. The fourth-order valence-electron chi connectivity index (χ4n) is 2.09. The van der Waals surface area contributed by atoms with Gasteiger partial charge >= 0.3 is 0 Å². The van der Waals surface area contributed by atoms with Crippen LogP contribution in [0.5, 0.6) is 0 Å². The Kier molecular flexibility index (Phi) is 2.47. The largest absolute Gasteiger partial charge is 0.388 e. The molecule has 1 aliphatic heterocycles. The summed E-state index contributed by atoms with van der Waals surface area (Å²) >= 11 is 0. The highest BCUT2D eigenvalue weighted by Gasteiger charge is 2.44. The lowest BCUT2D eigenvalue weighted by Crippen LogP contribution is -2.35. The molecule has 72 valence electrons. The molecule has 3 N–H and O–H groups in total. The number of nitrogens with two attached hydrogens (primary N) is 1. The maximum absolute atomic E-state index is 10.1. The minimum Gasteiger partial charge on any atom is -0.388 e. The third-order valence-corrected chi connectivity index (χ3v) is 2.94. The fourth-order valence-corrected chi connectivity index (χ4v) is 2.09. The molecule has 1 unspecified atom stereocenters. The Balaban J connectivity index is 2.64. The second-order valence-electron chi connectivity index (χ2n) is 4.61. The van der Waals surface area contributed by atoms with Crippen molar-refractivity contribution in [2.24, 2.45) is 5.73 Å². The average Bonchev–Trinajstić information content (AvgIpc) is 2.02. The van der Waals surface area contributed by atoms with E-state index in [1.807, 2.05) is 0 Å². The van der Waals surface area contributed by atoms with E-state index in [9.17, 15) is 5.11 Å². The molecule has 1 fully saturated rings. The molecule has 3 nitrogen and oxygen atoms in total. The van der Waals surface area contributed by atoms with Gasteiger partial charge in [-0.3, -0.25) is 4.90 Å². The molecule has 1 atom stereocenters. The first-order valence-electron chi connectivity index (χ1n) is 4.53. The number of likely N-dealkylation sites (N-methyl/N-ethyl adjacent to an activating group) is 1. The highest BCUT2D eigenvalue weighted by atomic mass is 16.3. The predicted octanol–water partition coefficient (Wildman–Crippen LogP) is 0.180. The van der Waals surface area contributed by atoms with E-state index in [0.717, 1.165) is 13.0 Å². The summed E-state index contributed by atoms with van der Waals surface area (Å²) in [7, 11) is 2.05. The molecule has 0 amide bonds. The van der Waals surface area contributed by atoms with Gasteiger partial charge < -0.3 is 10.8 Å². The number of likely N-dealkylation sites (tertiary alicyclic amines) is 1. The second-order valence-corrected chi connectivity index (χ2v) is 4.61. The van der Waals surface area contributed by atoms with E-state index in [0.29, 0.717) is 13.0 Å². The Hall–Kier alpha value is -0.120. The van der Waals surface area contributed by atoms with Gasteiger partial charge in [0.05, 0.1) is 5.60 Å². The first kappa shape index (κ1) is 9.96. The number of β-amino-alcohol motifs (C(OH)–C–C–N with tert-alkyl or cyclic N) is 1. The molecular formula is C9H20N2O. The summed E-state index contributed by atoms with van der Waals surface area (Å²) < 4.78 is 0. The van der Waals surface area contributed by atoms with Crippen LogP contribution in [0.2, 0.25) is 0 Å². The van der Waals surface area contributed by atoms with Crippen molar-refractivity contribution in [2.45, 2.75) is 37.8 Å². The molecule has 1 rings (SSSR count). The molecule has 0 bridgehead atoms. The van der Waals surface area contributed by atoms with Gasteiger partial charge in [0.2, 0.25) is 0 Å². The van der Waals surface area contributed by atoms with Crippen molar-refractivity contribution < 1.29 is 5.11 Å². The van der Waals surface area contributed by atoms with E-state index < -0.39 is 5.60 Å². The Labute approximate surface area is 74.5 Å². The lowest BCUT2D eigenvalue weighted by Gasteiger charge is -2.26. The van der Waals surface area contributed by atoms with Gasteiger partial charge in [-0.15, -0.1) is 0 Å². The van der Waals surface area contributed by atoms with Crippen molar-refractivity contribution in [1.29, 1.82) is 0 Å². The smallest absolute Gasteiger partial charge is 0.0803 e. The summed E-state index contributed by atoms with van der Waals surface area (Å²) in [5, 5.41) is 10.1. The Bertz CT molecular complexity index is 170. The third-order valence-electron chi connectivity index (χ3n) is 2.94. The summed E-state index contributed by atoms with van der Waals surface area (Å²) in [4.78, 5) is 2.20. The van der Waals surface area contributed by atoms with Crippen LogP contribution < -0.4 is 5.73 Å². The normalized spacial score (nSPS) is 35.8. The van der Waals surface area contributed by atoms with Gasteiger partial charge in [-0.1, -0.05) is 0 Å². The van der Waals surface area contributed by atoms with E-state index in [-0.39, 0.29) is 5.54 Å². The van der Waals surface area contributed by atoms with E-state index >= 15 is 0 Å². The first-order valence-corrected chi connectivity index (χ1v) is 4.53. The second kappa shape index (κ2) is 2.98. The molecule has 0 saturated carbocycles. The number of aliphatic hydroxyl groups is 1. The Morgan fingerprint density at radius 3 is 2.42 bits per heavy atom. The molecule has 3 heteroatoms. The monoisotopic (exact) mass is 172 g/mol. The van der Waals surface area contributed by atoms with Crippen molar-refractivity contribution in [3.63, 3.8) is 0 Å². The Morgan fingerprint density at radius 2 is 2.08 bits per heavy atom. The van der Waals surface area contributed by atoms with Crippen LogP contribution in [0.4, 0.5) is 0 Å². The van der Waals surface area contributed by atoms with Crippen LogP contribution in [0, 0.1) is 0 Å². The average molecular weight is 172 g/mol. The van der Waals surface area contributed by atoms with Crippen molar-refractivity contribution in [1.82, 2.24) is 4.90 Å². The third kappa shape index (κ3) is 1.79. The minimum atomic E-state index is -0.549. The van der Waals surface area contributed by atoms with Gasteiger partial charge in [-0.25, -0.2) is 0 Å². The van der Waals surface area contributed by atoms with Crippen molar-refractivity contribution >= 4 is 0 Å². The number of hydrogen-bond acceptors (Lipinski definition) is 3. The molecule has 0 aromatic heterocycles. The van der Waals surface area contributed by atoms with Crippen LogP contribution in [0.1, 0.15) is 26.7 Å². The highest BCUT2D eigenvalue weighted by molar-refractivity contribution is 5.00. The molecule has 0 aliphatic carbocycles. The zero-order valence-corrected chi connectivity index (χ0v) is 8.30. The quantitative estimate of drug-likeness (QED) is 0.625. The number of hydrogen-bond donors (Lipinski definition) is 2. The van der Waals surface area contributed by atoms with Crippen molar-refractivity contribution in [3.05, 3.63) is 0 Å². The van der Waals surface area contributed by atoms with E-state index in [1.54, 1.807) is 0 Å². The molecule has 0 spiro atoms.